The van der Waals surface area contributed by atoms with Gasteiger partial charge < -0.3 is 0 Å². The minimum Gasteiger partial charge on any atom is -0.0682 e. The molecular formula is C42H84Si6. The maximum atomic E-state index is 3.06. The van der Waals surface area contributed by atoms with Gasteiger partial charge in [-0.05, 0) is 33.2 Å². The average molecular weight is 758 g/mol. The molecule has 0 atom stereocenters. The lowest BCUT2D eigenvalue weighted by Gasteiger charge is -2.86. The van der Waals surface area contributed by atoms with Crippen molar-refractivity contribution < 1.29 is 0 Å². The lowest BCUT2D eigenvalue weighted by Crippen LogP contribution is -3.09. The summed E-state index contributed by atoms with van der Waals surface area (Å²) in [5.74, 6) is 0. The molecule has 48 heavy (non-hydrogen) atoms. The average Bonchev–Trinajstić information content (AvgIpc) is 3.98. The summed E-state index contributed by atoms with van der Waals surface area (Å²) in [6, 6.07) is 11.2. The molecule has 0 aromatic heterocycles. The molecule has 0 amide bonds. The van der Waals surface area contributed by atoms with Gasteiger partial charge in [0, 0.05) is 42.7 Å². The third-order valence-corrected chi connectivity index (χ3v) is 166. The number of hydrogen-bond acceptors (Lipinski definition) is 0. The smallest absolute Gasteiger partial charge is 0.0410 e. The van der Waals surface area contributed by atoms with Crippen molar-refractivity contribution in [2.45, 2.75) is 265 Å². The summed E-state index contributed by atoms with van der Waals surface area (Å²) in [4.78, 5) is 0. The van der Waals surface area contributed by atoms with Gasteiger partial charge in [-0.3, -0.25) is 0 Å². The van der Waals surface area contributed by atoms with E-state index in [1.807, 2.05) is 36.3 Å². The van der Waals surface area contributed by atoms with E-state index < -0.39 is 42.7 Å². The highest BCUT2D eigenvalue weighted by atomic mass is 30.2. The van der Waals surface area contributed by atoms with E-state index in [9.17, 15) is 0 Å². The second-order valence-corrected chi connectivity index (χ2v) is 81.8. The Balaban J connectivity index is 1.74. The van der Waals surface area contributed by atoms with E-state index in [-0.39, 0.29) is 0 Å². The Kier molecular flexibility index (Phi) is 11.6. The van der Waals surface area contributed by atoms with E-state index in [1.165, 1.54) is 33.2 Å². The summed E-state index contributed by atoms with van der Waals surface area (Å²) in [6.07, 6.45) is 41.1. The molecule has 0 nitrogen and oxygen atoms in total. The Morgan fingerprint density at radius 2 is 0.333 bits per heavy atom. The molecule has 0 spiro atoms. The molecule has 1 aliphatic heterocycles. The van der Waals surface area contributed by atoms with Crippen LogP contribution in [-0.4, -0.2) is 42.7 Å². The first-order valence-corrected chi connectivity index (χ1v) is 43.2. The van der Waals surface area contributed by atoms with Crippen LogP contribution in [0.4, 0.5) is 0 Å². The predicted octanol–water partition coefficient (Wildman–Crippen LogP) is 14.9. The first kappa shape index (κ1) is 37.6. The second kappa shape index (κ2) is 14.9. The molecule has 0 N–H and O–H groups in total. The molecule has 0 aromatic rings. The SMILES string of the molecule is CC[Si]1(C2CCCC2)[Si](CC)(C2CCCC2)[Si](CC)(C2CCCC2)[Si](CC)(C2CCCC2)[Si](CC)(C2CCCC2)[Si]1(CC)C1CCCC1. The first-order valence-electron chi connectivity index (χ1n) is 23.5. The molecule has 1 saturated heterocycles. The van der Waals surface area contributed by atoms with E-state index in [2.05, 4.69) is 41.5 Å². The predicted molar refractivity (Wildman–Crippen MR) is 231 cm³/mol. The van der Waals surface area contributed by atoms with Gasteiger partial charge in [0.05, 0.1) is 0 Å². The Bertz CT molecular complexity index is 823. The second-order valence-electron chi connectivity index (χ2n) is 19.8. The molecule has 0 radical (unpaired) electrons. The van der Waals surface area contributed by atoms with Crippen LogP contribution < -0.4 is 0 Å². The van der Waals surface area contributed by atoms with E-state index in [0.29, 0.717) is 0 Å². The molecule has 0 aromatic carbocycles. The van der Waals surface area contributed by atoms with Gasteiger partial charge >= 0.3 is 0 Å². The van der Waals surface area contributed by atoms with Gasteiger partial charge in [-0.15, -0.1) is 0 Å². The topological polar surface area (TPSA) is 0 Å². The van der Waals surface area contributed by atoms with Gasteiger partial charge in [-0.2, -0.15) is 0 Å². The maximum absolute atomic E-state index is 3.06. The van der Waals surface area contributed by atoms with Crippen molar-refractivity contribution in [2.24, 2.45) is 0 Å². The summed E-state index contributed by atoms with van der Waals surface area (Å²) in [5, 5.41) is 0. The molecule has 0 bridgehead atoms. The highest BCUT2D eigenvalue weighted by Crippen LogP contribution is 2.78. The van der Waals surface area contributed by atoms with E-state index in [0.717, 1.165) is 0 Å². The molecule has 6 aliphatic carbocycles. The van der Waals surface area contributed by atoms with Crippen LogP contribution in [0.15, 0.2) is 0 Å². The Morgan fingerprint density at radius 1 is 0.229 bits per heavy atom. The minimum atomic E-state index is -1.58. The molecule has 6 saturated carbocycles. The maximum Gasteiger partial charge on any atom is 0.0410 e. The highest BCUT2D eigenvalue weighted by molar-refractivity contribution is 8.15. The Labute approximate surface area is 306 Å². The minimum absolute atomic E-state index is 1.33. The van der Waals surface area contributed by atoms with Crippen LogP contribution in [0, 0.1) is 0 Å². The van der Waals surface area contributed by atoms with Crippen LogP contribution >= 0.6 is 0 Å². The van der Waals surface area contributed by atoms with Crippen LogP contribution in [0.3, 0.4) is 0 Å². The molecule has 1 heterocycles. The molecule has 6 heteroatoms. The summed E-state index contributed by atoms with van der Waals surface area (Å²) in [7, 11) is -9.49. The Morgan fingerprint density at radius 3 is 0.417 bits per heavy atom. The van der Waals surface area contributed by atoms with Crippen molar-refractivity contribution in [3.05, 3.63) is 0 Å². The molecule has 7 aliphatic rings. The zero-order valence-electron chi connectivity index (χ0n) is 33.7. The quantitative estimate of drug-likeness (QED) is 0.174. The molecule has 7 fully saturated rings. The van der Waals surface area contributed by atoms with Crippen molar-refractivity contribution >= 4 is 42.7 Å². The monoisotopic (exact) mass is 757 g/mol. The summed E-state index contributed by atoms with van der Waals surface area (Å²) in [6.45, 7) is 18.4. The summed E-state index contributed by atoms with van der Waals surface area (Å²) < 4.78 is 0. The van der Waals surface area contributed by atoms with Gasteiger partial charge in [-0.1, -0.05) is 232 Å². The van der Waals surface area contributed by atoms with Crippen molar-refractivity contribution in [3.8, 4) is 0 Å². The first-order chi connectivity index (χ1) is 23.5. The van der Waals surface area contributed by atoms with E-state index >= 15 is 0 Å². The number of rotatable bonds is 12. The lowest BCUT2D eigenvalue weighted by atomic mass is 10.4. The van der Waals surface area contributed by atoms with Crippen molar-refractivity contribution in [1.82, 2.24) is 0 Å². The van der Waals surface area contributed by atoms with Crippen molar-refractivity contribution in [1.29, 1.82) is 0 Å². The van der Waals surface area contributed by atoms with Crippen LogP contribution in [0.1, 0.15) is 196 Å². The summed E-state index contributed by atoms with van der Waals surface area (Å²) >= 11 is 0. The third kappa shape index (κ3) is 4.43. The van der Waals surface area contributed by atoms with Crippen LogP contribution in [0.25, 0.3) is 0 Å². The summed E-state index contributed by atoms with van der Waals surface area (Å²) in [5.41, 5.74) is 7.97. The van der Waals surface area contributed by atoms with Gasteiger partial charge in [0.15, 0.2) is 0 Å². The van der Waals surface area contributed by atoms with Gasteiger partial charge in [0.2, 0.25) is 0 Å². The Hall–Kier alpha value is 1.30. The van der Waals surface area contributed by atoms with Crippen molar-refractivity contribution in [3.63, 3.8) is 0 Å². The van der Waals surface area contributed by atoms with E-state index in [1.54, 1.807) is 154 Å². The normalized spacial score (nSPS) is 44.6. The number of hydrogen-bond donors (Lipinski definition) is 0. The van der Waals surface area contributed by atoms with Crippen LogP contribution in [-0.2, 0) is 0 Å². The van der Waals surface area contributed by atoms with Crippen LogP contribution in [0.2, 0.25) is 69.5 Å². The fourth-order valence-electron chi connectivity index (χ4n) is 20.8. The molecule has 0 unspecified atom stereocenters. The van der Waals surface area contributed by atoms with Gasteiger partial charge in [0.25, 0.3) is 0 Å². The molecule has 276 valence electrons. The fourth-order valence-corrected chi connectivity index (χ4v) is 304. The van der Waals surface area contributed by atoms with Crippen molar-refractivity contribution in [2.75, 3.05) is 0 Å². The zero-order chi connectivity index (χ0) is 33.7. The van der Waals surface area contributed by atoms with E-state index in [4.69, 9.17) is 0 Å². The third-order valence-electron chi connectivity index (χ3n) is 20.4. The van der Waals surface area contributed by atoms with Gasteiger partial charge in [0.1, 0.15) is 0 Å². The lowest BCUT2D eigenvalue weighted by molar-refractivity contribution is 0.776. The standard InChI is InChI=1S/C42H84Si6/c1-7-43(37-25-13-14-26-37)44(8-2,38-27-15-16-28-38)46(10-4,40-31-19-20-32-40)48(12-6,42-35-23-24-36-42)47(11-5,41-33-21-22-34-41)45(43,9-3)39-29-17-18-30-39/h37-42H,7-36H2,1-6H3. The van der Waals surface area contributed by atoms with Crippen LogP contribution in [0.5, 0.6) is 0 Å². The largest absolute Gasteiger partial charge is 0.0682 e. The zero-order valence-corrected chi connectivity index (χ0v) is 39.7. The molecule has 7 rings (SSSR count). The fraction of sp³-hybridized carbons (Fsp3) is 1.00. The van der Waals surface area contributed by atoms with Gasteiger partial charge in [-0.25, -0.2) is 0 Å². The molecular weight excluding hydrogens is 673 g/mol. The highest BCUT2D eigenvalue weighted by Gasteiger charge is 2.92.